The quantitative estimate of drug-likeness (QED) is 0.193. The third kappa shape index (κ3) is 2.86. The molecule has 4 aliphatic rings. The smallest absolute Gasteiger partial charge is 0.0721 e. The number of aryl methyl sites for hydroxylation is 2. The first-order valence-electron chi connectivity index (χ1n) is 16.2. The molecule has 0 unspecified atom stereocenters. The van der Waals surface area contributed by atoms with Crippen LogP contribution in [0.1, 0.15) is 74.2 Å². The minimum atomic E-state index is -0.0892. The number of rotatable bonds is 1. The summed E-state index contributed by atoms with van der Waals surface area (Å²) in [5, 5.41) is 2.76. The molecule has 5 heterocycles. The van der Waals surface area contributed by atoms with Crippen molar-refractivity contribution in [1.82, 2.24) is 14.1 Å². The van der Waals surface area contributed by atoms with Crippen molar-refractivity contribution in [2.24, 2.45) is 0 Å². The lowest BCUT2D eigenvalue weighted by Crippen LogP contribution is -2.30. The van der Waals surface area contributed by atoms with E-state index in [9.17, 15) is 0 Å². The molecule has 0 bridgehead atoms. The highest BCUT2D eigenvalue weighted by Gasteiger charge is 2.41. The van der Waals surface area contributed by atoms with Crippen LogP contribution in [-0.2, 0) is 23.7 Å². The van der Waals surface area contributed by atoms with E-state index >= 15 is 0 Å². The van der Waals surface area contributed by atoms with E-state index in [1.807, 2.05) is 6.20 Å². The standard InChI is InChI=1S/C41H35N3/c1-40(2)30-12-7-10-28-26-9-5-6-14-34(26)43(38(28)30)35-17-15-24(21-32(35)40)25-16-18-36-33(22-25)41(3,4)31-13-8-11-29-27-19-20-42-23-37(27)44(36)39(29)31/h5-6,9,12-23H,7-8,10-11H2,1-4H3. The predicted octanol–water partition coefficient (Wildman–Crippen LogP) is 9.88. The number of aromatic nitrogens is 3. The SMILES string of the molecule is CC1(C)C2=CCCc3c2n(c2ccccc32)-c2ccc(-c3ccc4c(c3)C(C)(C)C3=CCCc5c3n-4c3cnccc53)cc21. The van der Waals surface area contributed by atoms with Crippen molar-refractivity contribution in [3.63, 3.8) is 0 Å². The van der Waals surface area contributed by atoms with Gasteiger partial charge in [-0.05, 0) is 107 Å². The molecule has 2 aliphatic heterocycles. The number of allylic oxidation sites excluding steroid dienone is 4. The first kappa shape index (κ1) is 24.8. The topological polar surface area (TPSA) is 22.8 Å². The first-order valence-corrected chi connectivity index (χ1v) is 16.2. The predicted molar refractivity (Wildman–Crippen MR) is 182 cm³/mol. The molecule has 0 fully saturated rings. The Morgan fingerprint density at radius 1 is 0.614 bits per heavy atom. The number of nitrogens with zero attached hydrogens (tertiary/aromatic N) is 3. The lowest BCUT2D eigenvalue weighted by atomic mass is 9.69. The molecule has 3 nitrogen and oxygen atoms in total. The molecule has 0 amide bonds. The van der Waals surface area contributed by atoms with E-state index in [-0.39, 0.29) is 10.8 Å². The van der Waals surface area contributed by atoms with Crippen LogP contribution >= 0.6 is 0 Å². The molecule has 0 saturated heterocycles. The normalized spacial score (nSPS) is 18.3. The van der Waals surface area contributed by atoms with Crippen LogP contribution in [0.25, 0.3) is 55.5 Å². The van der Waals surface area contributed by atoms with E-state index in [0.29, 0.717) is 0 Å². The zero-order chi connectivity index (χ0) is 29.5. The molecule has 0 spiro atoms. The van der Waals surface area contributed by atoms with Crippen LogP contribution in [0, 0.1) is 0 Å². The fourth-order valence-electron chi connectivity index (χ4n) is 9.21. The number of pyridine rings is 1. The van der Waals surface area contributed by atoms with E-state index in [1.54, 1.807) is 0 Å². The third-order valence-corrected chi connectivity index (χ3v) is 11.4. The summed E-state index contributed by atoms with van der Waals surface area (Å²) in [6.07, 6.45) is 13.4. The Labute approximate surface area is 258 Å². The second kappa shape index (κ2) is 8.09. The van der Waals surface area contributed by atoms with E-state index < -0.39 is 0 Å². The van der Waals surface area contributed by atoms with Gasteiger partial charge in [0, 0.05) is 27.8 Å². The van der Waals surface area contributed by atoms with Gasteiger partial charge in [-0.2, -0.15) is 0 Å². The fourth-order valence-corrected chi connectivity index (χ4v) is 9.21. The van der Waals surface area contributed by atoms with Crippen LogP contribution in [0.3, 0.4) is 0 Å². The second-order valence-electron chi connectivity index (χ2n) is 14.3. The summed E-state index contributed by atoms with van der Waals surface area (Å²) in [4.78, 5) is 4.55. The van der Waals surface area contributed by atoms with Crippen molar-refractivity contribution in [1.29, 1.82) is 0 Å². The van der Waals surface area contributed by atoms with Crippen molar-refractivity contribution in [3.05, 3.63) is 125 Å². The Kier molecular flexibility index (Phi) is 4.56. The summed E-state index contributed by atoms with van der Waals surface area (Å²) >= 11 is 0. The highest BCUT2D eigenvalue weighted by atomic mass is 15.0. The number of benzene rings is 3. The van der Waals surface area contributed by atoms with Crippen molar-refractivity contribution < 1.29 is 0 Å². The van der Waals surface area contributed by atoms with Crippen LogP contribution in [0.2, 0.25) is 0 Å². The molecule has 6 aromatic rings. The summed E-state index contributed by atoms with van der Waals surface area (Å²) in [6, 6.07) is 25.6. The van der Waals surface area contributed by atoms with Crippen LogP contribution in [0.4, 0.5) is 0 Å². The summed E-state index contributed by atoms with van der Waals surface area (Å²) in [5.74, 6) is 0. The van der Waals surface area contributed by atoms with Gasteiger partial charge in [-0.25, -0.2) is 0 Å². The van der Waals surface area contributed by atoms with Gasteiger partial charge >= 0.3 is 0 Å². The van der Waals surface area contributed by atoms with E-state index in [0.717, 1.165) is 25.7 Å². The lowest BCUT2D eigenvalue weighted by molar-refractivity contribution is 0.652. The van der Waals surface area contributed by atoms with E-state index in [4.69, 9.17) is 0 Å². The van der Waals surface area contributed by atoms with Crippen molar-refractivity contribution in [2.75, 3.05) is 0 Å². The van der Waals surface area contributed by atoms with Gasteiger partial charge in [0.25, 0.3) is 0 Å². The third-order valence-electron chi connectivity index (χ3n) is 11.4. The minimum Gasteiger partial charge on any atom is -0.309 e. The van der Waals surface area contributed by atoms with Crippen molar-refractivity contribution in [2.45, 2.75) is 64.2 Å². The van der Waals surface area contributed by atoms with Crippen molar-refractivity contribution in [3.8, 4) is 22.5 Å². The van der Waals surface area contributed by atoms with Gasteiger partial charge in [0.1, 0.15) is 0 Å². The zero-order valence-corrected chi connectivity index (χ0v) is 25.8. The summed E-state index contributed by atoms with van der Waals surface area (Å²) < 4.78 is 5.05. The monoisotopic (exact) mass is 569 g/mol. The van der Waals surface area contributed by atoms with Gasteiger partial charge < -0.3 is 9.13 Å². The molecule has 44 heavy (non-hydrogen) atoms. The molecule has 0 N–H and O–H groups in total. The summed E-state index contributed by atoms with van der Waals surface area (Å²) in [5.41, 5.74) is 19.1. The van der Waals surface area contributed by atoms with Gasteiger partial charge in [0.15, 0.2) is 0 Å². The highest BCUT2D eigenvalue weighted by molar-refractivity contribution is 5.98. The maximum absolute atomic E-state index is 4.55. The van der Waals surface area contributed by atoms with Gasteiger partial charge in [0.05, 0.1) is 40.0 Å². The number of hydrogen-bond donors (Lipinski definition) is 0. The molecule has 0 radical (unpaired) electrons. The molecule has 214 valence electrons. The summed E-state index contributed by atoms with van der Waals surface area (Å²) in [7, 11) is 0. The Bertz CT molecular complexity index is 2170. The molecule has 3 aromatic carbocycles. The number of hydrogen-bond acceptors (Lipinski definition) is 1. The van der Waals surface area contributed by atoms with Gasteiger partial charge in [-0.3, -0.25) is 4.98 Å². The molecule has 3 aromatic heterocycles. The molecule has 3 heteroatoms. The number of fused-ring (bicyclic) bond motifs is 10. The Balaban J connectivity index is 1.20. The van der Waals surface area contributed by atoms with Crippen LogP contribution < -0.4 is 0 Å². The lowest BCUT2D eigenvalue weighted by Gasteiger charge is -2.40. The van der Waals surface area contributed by atoms with Gasteiger partial charge in [0.2, 0.25) is 0 Å². The van der Waals surface area contributed by atoms with E-state index in [1.165, 1.54) is 89.1 Å². The van der Waals surface area contributed by atoms with Crippen LogP contribution in [0.15, 0.2) is 91.3 Å². The minimum absolute atomic E-state index is 0.0758. The average Bonchev–Trinajstić information content (AvgIpc) is 3.57. The van der Waals surface area contributed by atoms with E-state index in [2.05, 4.69) is 127 Å². The molecule has 0 atom stereocenters. The first-order chi connectivity index (χ1) is 21.4. The Hall–Kier alpha value is -4.63. The average molecular weight is 570 g/mol. The van der Waals surface area contributed by atoms with Gasteiger partial charge in [-0.1, -0.05) is 70.2 Å². The van der Waals surface area contributed by atoms with Gasteiger partial charge in [-0.15, -0.1) is 0 Å². The molecule has 10 rings (SSSR count). The maximum Gasteiger partial charge on any atom is 0.0721 e. The highest BCUT2D eigenvalue weighted by Crippen LogP contribution is 2.54. The molecule has 2 aliphatic carbocycles. The molecular weight excluding hydrogens is 534 g/mol. The summed E-state index contributed by atoms with van der Waals surface area (Å²) in [6.45, 7) is 9.68. The number of para-hydroxylation sites is 1. The van der Waals surface area contributed by atoms with Crippen LogP contribution in [-0.4, -0.2) is 14.1 Å². The molecule has 0 saturated carbocycles. The Morgan fingerprint density at radius 3 is 1.77 bits per heavy atom. The van der Waals surface area contributed by atoms with Crippen molar-refractivity contribution >= 4 is 33.0 Å². The second-order valence-corrected chi connectivity index (χ2v) is 14.3. The fraction of sp³-hybridized carbons (Fsp3) is 0.244. The van der Waals surface area contributed by atoms with Crippen LogP contribution in [0.5, 0.6) is 0 Å². The molecular formula is C41H35N3. The Morgan fingerprint density at radius 2 is 1.16 bits per heavy atom. The zero-order valence-electron chi connectivity index (χ0n) is 25.8. The maximum atomic E-state index is 4.55. The largest absolute Gasteiger partial charge is 0.309 e.